The zero-order valence-corrected chi connectivity index (χ0v) is 11.6. The molecule has 1 N–H and O–H groups in total. The van der Waals surface area contributed by atoms with Crippen LogP contribution in [-0.2, 0) is 9.53 Å². The summed E-state index contributed by atoms with van der Waals surface area (Å²) in [7, 11) is 6.05. The number of ether oxygens (including phenoxy) is 1. The Hall–Kier alpha value is -0.690. The van der Waals surface area contributed by atoms with Gasteiger partial charge in [0, 0.05) is 32.7 Å². The number of carboxylic acid groups (broad SMARTS) is 1. The van der Waals surface area contributed by atoms with Crippen molar-refractivity contribution in [2.24, 2.45) is 0 Å². The average Bonchev–Trinajstić information content (AvgIpc) is 2.25. The molecule has 1 unspecified atom stereocenters. The van der Waals surface area contributed by atoms with Gasteiger partial charge in [-0.15, -0.1) is 0 Å². The van der Waals surface area contributed by atoms with Crippen molar-refractivity contribution < 1.29 is 14.6 Å². The van der Waals surface area contributed by atoms with Crippen LogP contribution in [0.4, 0.5) is 0 Å². The summed E-state index contributed by atoms with van der Waals surface area (Å²) in [5.41, 5.74) is 0. The Morgan fingerprint density at radius 3 is 2.72 bits per heavy atom. The van der Waals surface area contributed by atoms with Gasteiger partial charge in [-0.2, -0.15) is 0 Å². The molecule has 1 saturated heterocycles. The molecule has 1 aliphatic heterocycles. The van der Waals surface area contributed by atoms with Gasteiger partial charge < -0.3 is 19.6 Å². The first-order valence-electron chi connectivity index (χ1n) is 6.36. The molecule has 0 aromatic rings. The molecule has 6 nitrogen and oxygen atoms in total. The Morgan fingerprint density at radius 2 is 2.17 bits per heavy atom. The molecule has 0 spiro atoms. The Morgan fingerprint density at radius 1 is 1.44 bits per heavy atom. The second kappa shape index (κ2) is 7.68. The van der Waals surface area contributed by atoms with Crippen molar-refractivity contribution in [3.8, 4) is 0 Å². The summed E-state index contributed by atoms with van der Waals surface area (Å²) in [5, 5.41) is 8.92. The Bertz CT molecular complexity index is 261. The molecule has 18 heavy (non-hydrogen) atoms. The summed E-state index contributed by atoms with van der Waals surface area (Å²) in [5.74, 6) is -0.780. The van der Waals surface area contributed by atoms with E-state index in [1.165, 1.54) is 0 Å². The highest BCUT2D eigenvalue weighted by Crippen LogP contribution is 2.05. The van der Waals surface area contributed by atoms with Gasteiger partial charge in [0.15, 0.2) is 0 Å². The molecule has 0 amide bonds. The maximum Gasteiger partial charge on any atom is 0.317 e. The molecule has 6 heteroatoms. The SMILES string of the molecule is CN(C)CCN(CC(=O)O)CC1CN(C)CCO1. The second-order valence-corrected chi connectivity index (χ2v) is 5.19. The molecule has 0 aromatic heterocycles. The third kappa shape index (κ3) is 6.30. The Balaban J connectivity index is 2.40. The lowest BCUT2D eigenvalue weighted by Gasteiger charge is -2.33. The van der Waals surface area contributed by atoms with Crippen LogP contribution in [0.1, 0.15) is 0 Å². The van der Waals surface area contributed by atoms with Crippen LogP contribution in [0.3, 0.4) is 0 Å². The number of rotatable bonds is 7. The van der Waals surface area contributed by atoms with E-state index in [1.807, 2.05) is 19.0 Å². The van der Waals surface area contributed by atoms with Gasteiger partial charge in [0.2, 0.25) is 0 Å². The summed E-state index contributed by atoms with van der Waals surface area (Å²) in [6, 6.07) is 0. The van der Waals surface area contributed by atoms with Crippen molar-refractivity contribution in [2.45, 2.75) is 6.10 Å². The zero-order chi connectivity index (χ0) is 13.5. The predicted octanol–water partition coefficient (Wildman–Crippen LogP) is -0.735. The highest BCUT2D eigenvalue weighted by Gasteiger charge is 2.21. The number of nitrogens with zero attached hydrogens (tertiary/aromatic N) is 3. The first-order valence-corrected chi connectivity index (χ1v) is 6.36. The molecule has 1 heterocycles. The monoisotopic (exact) mass is 259 g/mol. The smallest absolute Gasteiger partial charge is 0.317 e. The van der Waals surface area contributed by atoms with Gasteiger partial charge in [0.05, 0.1) is 19.3 Å². The lowest BCUT2D eigenvalue weighted by molar-refractivity contribution is -0.139. The number of carbonyl (C=O) groups is 1. The van der Waals surface area contributed by atoms with Crippen molar-refractivity contribution in [3.05, 3.63) is 0 Å². The van der Waals surface area contributed by atoms with Crippen molar-refractivity contribution in [3.63, 3.8) is 0 Å². The van der Waals surface area contributed by atoms with E-state index in [-0.39, 0.29) is 12.6 Å². The van der Waals surface area contributed by atoms with E-state index < -0.39 is 5.97 Å². The third-order valence-electron chi connectivity index (χ3n) is 3.03. The molecule has 106 valence electrons. The van der Waals surface area contributed by atoms with Crippen LogP contribution in [0.2, 0.25) is 0 Å². The van der Waals surface area contributed by atoms with E-state index in [4.69, 9.17) is 9.84 Å². The maximum atomic E-state index is 10.9. The van der Waals surface area contributed by atoms with E-state index in [0.29, 0.717) is 6.54 Å². The number of hydrogen-bond donors (Lipinski definition) is 1. The highest BCUT2D eigenvalue weighted by atomic mass is 16.5. The summed E-state index contributed by atoms with van der Waals surface area (Å²) in [6.45, 7) is 4.93. The van der Waals surface area contributed by atoms with Gasteiger partial charge in [0.1, 0.15) is 0 Å². The standard InChI is InChI=1S/C12H25N3O3/c1-13(2)4-5-15(10-12(16)17)9-11-8-14(3)6-7-18-11/h11H,4-10H2,1-3H3,(H,16,17). The van der Waals surface area contributed by atoms with Crippen LogP contribution in [0.25, 0.3) is 0 Å². The largest absolute Gasteiger partial charge is 0.480 e. The van der Waals surface area contributed by atoms with E-state index in [1.54, 1.807) is 0 Å². The molecular formula is C12H25N3O3. The fourth-order valence-corrected chi connectivity index (χ4v) is 2.03. The lowest BCUT2D eigenvalue weighted by atomic mass is 10.2. The summed E-state index contributed by atoms with van der Waals surface area (Å²) in [6.07, 6.45) is 0.116. The molecule has 0 saturated carbocycles. The summed E-state index contributed by atoms with van der Waals surface area (Å²) < 4.78 is 5.68. The number of likely N-dealkylation sites (N-methyl/N-ethyl adjacent to an activating group) is 2. The number of carboxylic acids is 1. The van der Waals surface area contributed by atoms with Gasteiger partial charge in [-0.3, -0.25) is 9.69 Å². The number of morpholine rings is 1. The minimum atomic E-state index is -0.780. The molecule has 0 bridgehead atoms. The van der Waals surface area contributed by atoms with Gasteiger partial charge in [-0.1, -0.05) is 0 Å². The van der Waals surface area contributed by atoms with Gasteiger partial charge in [0.25, 0.3) is 0 Å². The first-order chi connectivity index (χ1) is 8.47. The summed E-state index contributed by atoms with van der Waals surface area (Å²) in [4.78, 5) is 17.1. The van der Waals surface area contributed by atoms with Crippen LogP contribution in [0, 0.1) is 0 Å². The van der Waals surface area contributed by atoms with Crippen LogP contribution < -0.4 is 0 Å². The van der Waals surface area contributed by atoms with E-state index in [9.17, 15) is 4.79 Å². The molecule has 0 aliphatic carbocycles. The second-order valence-electron chi connectivity index (χ2n) is 5.19. The van der Waals surface area contributed by atoms with Crippen molar-refractivity contribution in [1.29, 1.82) is 0 Å². The van der Waals surface area contributed by atoms with Crippen LogP contribution in [0.5, 0.6) is 0 Å². The molecule has 0 aromatic carbocycles. The van der Waals surface area contributed by atoms with E-state index in [2.05, 4.69) is 16.8 Å². The van der Waals surface area contributed by atoms with Crippen molar-refractivity contribution in [1.82, 2.24) is 14.7 Å². The fourth-order valence-electron chi connectivity index (χ4n) is 2.03. The third-order valence-corrected chi connectivity index (χ3v) is 3.03. The maximum absolute atomic E-state index is 10.9. The van der Waals surface area contributed by atoms with Gasteiger partial charge >= 0.3 is 5.97 Å². The molecule has 0 radical (unpaired) electrons. The quantitative estimate of drug-likeness (QED) is 0.650. The van der Waals surface area contributed by atoms with Crippen molar-refractivity contribution in [2.75, 3.05) is 67.0 Å². The molecule has 1 atom stereocenters. The van der Waals surface area contributed by atoms with Gasteiger partial charge in [-0.25, -0.2) is 0 Å². The number of hydrogen-bond acceptors (Lipinski definition) is 5. The number of aliphatic carboxylic acids is 1. The Labute approximate surface area is 109 Å². The van der Waals surface area contributed by atoms with Crippen LogP contribution in [0.15, 0.2) is 0 Å². The van der Waals surface area contributed by atoms with E-state index >= 15 is 0 Å². The lowest BCUT2D eigenvalue weighted by Crippen LogP contribution is -2.48. The van der Waals surface area contributed by atoms with Crippen molar-refractivity contribution >= 4 is 5.97 Å². The van der Waals surface area contributed by atoms with Crippen LogP contribution >= 0.6 is 0 Å². The molecule has 1 aliphatic rings. The fraction of sp³-hybridized carbons (Fsp3) is 0.917. The first kappa shape index (κ1) is 15.4. The summed E-state index contributed by atoms with van der Waals surface area (Å²) >= 11 is 0. The molecular weight excluding hydrogens is 234 g/mol. The minimum absolute atomic E-state index is 0.0808. The normalized spacial score (nSPS) is 21.7. The molecule has 1 fully saturated rings. The van der Waals surface area contributed by atoms with Gasteiger partial charge in [-0.05, 0) is 21.1 Å². The van der Waals surface area contributed by atoms with E-state index in [0.717, 1.165) is 32.8 Å². The highest BCUT2D eigenvalue weighted by molar-refractivity contribution is 5.69. The zero-order valence-electron chi connectivity index (χ0n) is 11.6. The topological polar surface area (TPSA) is 56.2 Å². The van der Waals surface area contributed by atoms with Crippen LogP contribution in [-0.4, -0.2) is 98.9 Å². The predicted molar refractivity (Wildman–Crippen MR) is 69.9 cm³/mol. The molecule has 1 rings (SSSR count). The minimum Gasteiger partial charge on any atom is -0.480 e. The average molecular weight is 259 g/mol. The Kier molecular flexibility index (Phi) is 6.56.